The van der Waals surface area contributed by atoms with Crippen LogP contribution in [0.4, 0.5) is 0 Å². The summed E-state index contributed by atoms with van der Waals surface area (Å²) in [6.07, 6.45) is 2.21. The Morgan fingerprint density at radius 1 is 1.21 bits per heavy atom. The fourth-order valence-electron chi connectivity index (χ4n) is 4.31. The maximum Gasteiger partial charge on any atom is 0.334 e. The zero-order chi connectivity index (χ0) is 17.6. The lowest BCUT2D eigenvalue weighted by Gasteiger charge is -2.20. The minimum atomic E-state index is -0.292. The SMILES string of the molecule is C=C1C(=O)OC2CC(=C)C3CC(OC(=O)CC(C)C)C(=C)C3CC12. The first-order chi connectivity index (χ1) is 11.3. The zero-order valence-electron chi connectivity index (χ0n) is 14.5. The van der Waals surface area contributed by atoms with E-state index in [-0.39, 0.29) is 47.8 Å². The Hall–Kier alpha value is -1.84. The van der Waals surface area contributed by atoms with Crippen molar-refractivity contribution in [2.75, 3.05) is 0 Å². The predicted molar refractivity (Wildman–Crippen MR) is 91.0 cm³/mol. The van der Waals surface area contributed by atoms with Crippen LogP contribution in [0.25, 0.3) is 0 Å². The van der Waals surface area contributed by atoms with Crippen molar-refractivity contribution in [2.45, 2.75) is 51.7 Å². The van der Waals surface area contributed by atoms with E-state index in [1.165, 1.54) is 0 Å². The monoisotopic (exact) mass is 330 g/mol. The average Bonchev–Trinajstić information content (AvgIpc) is 2.86. The highest BCUT2D eigenvalue weighted by Crippen LogP contribution is 2.51. The second-order valence-corrected chi connectivity index (χ2v) is 7.77. The van der Waals surface area contributed by atoms with Crippen LogP contribution in [0.5, 0.6) is 0 Å². The van der Waals surface area contributed by atoms with Crippen LogP contribution >= 0.6 is 0 Å². The minimum Gasteiger partial charge on any atom is -0.458 e. The molecule has 2 saturated carbocycles. The standard InChI is InChI=1S/C20H26O4/c1-10(2)6-19(21)23-17-9-14-11(3)7-18-16(8-15(14)12(17)4)13(5)20(22)24-18/h10,14-18H,3-9H2,1-2H3. The number of esters is 2. The third kappa shape index (κ3) is 2.94. The zero-order valence-corrected chi connectivity index (χ0v) is 14.5. The molecule has 4 nitrogen and oxygen atoms in total. The van der Waals surface area contributed by atoms with Crippen LogP contribution in [0.1, 0.15) is 39.5 Å². The molecule has 2 aliphatic carbocycles. The first-order valence-corrected chi connectivity index (χ1v) is 8.73. The number of hydrogen-bond acceptors (Lipinski definition) is 4. The van der Waals surface area contributed by atoms with E-state index < -0.39 is 0 Å². The van der Waals surface area contributed by atoms with Gasteiger partial charge in [-0.15, -0.1) is 0 Å². The molecule has 5 unspecified atom stereocenters. The smallest absolute Gasteiger partial charge is 0.334 e. The highest BCUT2D eigenvalue weighted by atomic mass is 16.6. The van der Waals surface area contributed by atoms with Crippen molar-refractivity contribution in [1.82, 2.24) is 0 Å². The predicted octanol–water partition coefficient (Wildman–Crippen LogP) is 3.58. The van der Waals surface area contributed by atoms with Crippen molar-refractivity contribution in [2.24, 2.45) is 23.7 Å². The number of carbonyl (C=O) groups is 2. The van der Waals surface area contributed by atoms with Gasteiger partial charge in [0.05, 0.1) is 0 Å². The molecule has 24 heavy (non-hydrogen) atoms. The summed E-state index contributed by atoms with van der Waals surface area (Å²) in [5.41, 5.74) is 2.58. The molecule has 130 valence electrons. The van der Waals surface area contributed by atoms with Crippen molar-refractivity contribution in [3.05, 3.63) is 36.5 Å². The van der Waals surface area contributed by atoms with Gasteiger partial charge in [-0.25, -0.2) is 4.79 Å². The van der Waals surface area contributed by atoms with E-state index in [9.17, 15) is 9.59 Å². The molecule has 0 N–H and O–H groups in total. The lowest BCUT2D eigenvalue weighted by molar-refractivity contribution is -0.148. The molecular weight excluding hydrogens is 304 g/mol. The molecule has 0 amide bonds. The molecule has 5 atom stereocenters. The van der Waals surface area contributed by atoms with Crippen LogP contribution < -0.4 is 0 Å². The van der Waals surface area contributed by atoms with Gasteiger partial charge in [0.2, 0.25) is 0 Å². The van der Waals surface area contributed by atoms with Crippen molar-refractivity contribution in [3.8, 4) is 0 Å². The van der Waals surface area contributed by atoms with Gasteiger partial charge >= 0.3 is 11.9 Å². The van der Waals surface area contributed by atoms with Crippen molar-refractivity contribution < 1.29 is 19.1 Å². The quantitative estimate of drug-likeness (QED) is 0.451. The van der Waals surface area contributed by atoms with Gasteiger partial charge in [-0.1, -0.05) is 39.2 Å². The summed E-state index contributed by atoms with van der Waals surface area (Å²) in [5, 5.41) is 0. The van der Waals surface area contributed by atoms with E-state index in [1.54, 1.807) is 0 Å². The van der Waals surface area contributed by atoms with E-state index in [4.69, 9.17) is 9.47 Å². The van der Waals surface area contributed by atoms with Gasteiger partial charge < -0.3 is 9.47 Å². The molecule has 3 rings (SSSR count). The number of ether oxygens (including phenoxy) is 2. The van der Waals surface area contributed by atoms with E-state index in [0.717, 1.165) is 24.0 Å². The molecule has 1 aliphatic heterocycles. The largest absolute Gasteiger partial charge is 0.458 e. The van der Waals surface area contributed by atoms with Gasteiger partial charge in [-0.3, -0.25) is 4.79 Å². The topological polar surface area (TPSA) is 52.6 Å². The van der Waals surface area contributed by atoms with Gasteiger partial charge in [0.15, 0.2) is 0 Å². The normalized spacial score (nSPS) is 35.5. The summed E-state index contributed by atoms with van der Waals surface area (Å²) in [4.78, 5) is 23.8. The van der Waals surface area contributed by atoms with Crippen LogP contribution in [-0.2, 0) is 19.1 Å². The van der Waals surface area contributed by atoms with E-state index in [0.29, 0.717) is 18.4 Å². The Balaban J connectivity index is 1.74. The van der Waals surface area contributed by atoms with Gasteiger partial charge in [-0.2, -0.15) is 0 Å². The van der Waals surface area contributed by atoms with Gasteiger partial charge in [0.25, 0.3) is 0 Å². The molecule has 3 fully saturated rings. The number of fused-ring (bicyclic) bond motifs is 2. The van der Waals surface area contributed by atoms with Crippen molar-refractivity contribution in [3.63, 3.8) is 0 Å². The molecule has 1 saturated heterocycles. The van der Waals surface area contributed by atoms with Gasteiger partial charge in [0, 0.05) is 24.3 Å². The third-order valence-corrected chi connectivity index (χ3v) is 5.60. The Labute approximate surface area is 143 Å². The Morgan fingerprint density at radius 3 is 2.58 bits per heavy atom. The van der Waals surface area contributed by atoms with Gasteiger partial charge in [0.1, 0.15) is 12.2 Å². The highest BCUT2D eigenvalue weighted by Gasteiger charge is 2.49. The first-order valence-electron chi connectivity index (χ1n) is 8.73. The van der Waals surface area contributed by atoms with Crippen LogP contribution in [0, 0.1) is 23.7 Å². The number of hydrogen-bond donors (Lipinski definition) is 0. The highest BCUT2D eigenvalue weighted by molar-refractivity contribution is 5.90. The lowest BCUT2D eigenvalue weighted by Crippen LogP contribution is -2.21. The van der Waals surface area contributed by atoms with Crippen LogP contribution in [0.3, 0.4) is 0 Å². The number of rotatable bonds is 3. The molecule has 0 aromatic carbocycles. The van der Waals surface area contributed by atoms with Crippen molar-refractivity contribution >= 4 is 11.9 Å². The maximum atomic E-state index is 12.0. The fourth-order valence-corrected chi connectivity index (χ4v) is 4.31. The Morgan fingerprint density at radius 2 is 1.92 bits per heavy atom. The van der Waals surface area contributed by atoms with E-state index in [1.807, 2.05) is 13.8 Å². The second-order valence-electron chi connectivity index (χ2n) is 7.77. The first kappa shape index (κ1) is 17.0. The molecule has 1 heterocycles. The summed E-state index contributed by atoms with van der Waals surface area (Å²) in [6.45, 7) is 16.3. The summed E-state index contributed by atoms with van der Waals surface area (Å²) < 4.78 is 11.1. The lowest BCUT2D eigenvalue weighted by atomic mass is 9.83. The fraction of sp³-hybridized carbons (Fsp3) is 0.600. The van der Waals surface area contributed by atoms with Crippen LogP contribution in [-0.4, -0.2) is 24.1 Å². The molecule has 4 heteroatoms. The average molecular weight is 330 g/mol. The molecule has 0 spiro atoms. The van der Waals surface area contributed by atoms with Crippen molar-refractivity contribution in [1.29, 1.82) is 0 Å². The summed E-state index contributed by atoms with van der Waals surface area (Å²) in [5.74, 6) is 0.256. The Bertz CT molecular complexity index is 615. The molecule has 0 aromatic rings. The molecular formula is C20H26O4. The maximum absolute atomic E-state index is 12.0. The summed E-state index contributed by atoms with van der Waals surface area (Å²) >= 11 is 0. The van der Waals surface area contributed by atoms with E-state index in [2.05, 4.69) is 19.7 Å². The summed E-state index contributed by atoms with van der Waals surface area (Å²) in [6, 6.07) is 0. The third-order valence-electron chi connectivity index (χ3n) is 5.60. The molecule has 0 aromatic heterocycles. The Kier molecular flexibility index (Phi) is 4.41. The molecule has 0 bridgehead atoms. The van der Waals surface area contributed by atoms with Gasteiger partial charge in [-0.05, 0) is 36.2 Å². The van der Waals surface area contributed by atoms with E-state index >= 15 is 0 Å². The van der Waals surface area contributed by atoms with Crippen LogP contribution in [0.2, 0.25) is 0 Å². The molecule has 3 aliphatic rings. The summed E-state index contributed by atoms with van der Waals surface area (Å²) in [7, 11) is 0. The van der Waals surface area contributed by atoms with Crippen LogP contribution in [0.15, 0.2) is 36.5 Å². The minimum absolute atomic E-state index is 0.0196. The number of carbonyl (C=O) groups excluding carboxylic acids is 2. The molecule has 0 radical (unpaired) electrons. The second kappa shape index (κ2) is 6.23.